The average molecular weight is 434 g/mol. The molecule has 2 aromatic heterocycles. The average Bonchev–Trinajstić information content (AvgIpc) is 2.66. The predicted molar refractivity (Wildman–Crippen MR) is 108 cm³/mol. The van der Waals surface area contributed by atoms with E-state index in [-0.39, 0.29) is 28.2 Å². The maximum atomic E-state index is 15.1. The standard InChI is InChI=1S/C21H18ClF2N3O3/c1-28-14-5-15(29-2)19(24)17(18(14)23)13-3-11-6-25-16(22)4-12(11)20(26-13)27-7-21(8-27)9-30-10-21/h3-6H,7-10H2,1-2H3. The summed E-state index contributed by atoms with van der Waals surface area (Å²) >= 11 is 6.11. The first kappa shape index (κ1) is 19.3. The van der Waals surface area contributed by atoms with Gasteiger partial charge in [-0.15, -0.1) is 0 Å². The molecule has 1 spiro atoms. The number of aromatic nitrogens is 2. The smallest absolute Gasteiger partial charge is 0.177 e. The fourth-order valence-corrected chi connectivity index (χ4v) is 4.23. The minimum Gasteiger partial charge on any atom is -0.494 e. The van der Waals surface area contributed by atoms with Gasteiger partial charge in [-0.1, -0.05) is 11.6 Å². The summed E-state index contributed by atoms with van der Waals surface area (Å²) in [6, 6.07) is 4.47. The number of hydrogen-bond acceptors (Lipinski definition) is 6. The second-order valence-corrected chi connectivity index (χ2v) is 8.08. The third-order valence-corrected chi connectivity index (χ3v) is 5.87. The summed E-state index contributed by atoms with van der Waals surface area (Å²) in [6.45, 7) is 2.93. The molecule has 0 saturated carbocycles. The Bertz CT molecular complexity index is 1130. The Morgan fingerprint density at radius 2 is 1.73 bits per heavy atom. The van der Waals surface area contributed by atoms with E-state index >= 15 is 8.78 Å². The first-order valence-corrected chi connectivity index (χ1v) is 9.72. The molecular formula is C21H18ClF2N3O3. The van der Waals surface area contributed by atoms with Crippen LogP contribution in [0.3, 0.4) is 0 Å². The van der Waals surface area contributed by atoms with Gasteiger partial charge in [0.1, 0.15) is 11.0 Å². The lowest BCUT2D eigenvalue weighted by molar-refractivity contribution is -0.127. The van der Waals surface area contributed by atoms with Gasteiger partial charge < -0.3 is 19.1 Å². The Kier molecular flexibility index (Phi) is 4.44. The minimum absolute atomic E-state index is 0.125. The van der Waals surface area contributed by atoms with E-state index in [2.05, 4.69) is 14.9 Å². The first-order chi connectivity index (χ1) is 14.4. The summed E-state index contributed by atoms with van der Waals surface area (Å²) in [5.41, 5.74) is -0.0533. The van der Waals surface area contributed by atoms with E-state index in [9.17, 15) is 0 Å². The number of hydrogen-bond donors (Lipinski definition) is 0. The third-order valence-electron chi connectivity index (χ3n) is 5.66. The van der Waals surface area contributed by atoms with Crippen LogP contribution in [0.1, 0.15) is 0 Å². The maximum absolute atomic E-state index is 15.1. The van der Waals surface area contributed by atoms with Gasteiger partial charge in [-0.3, -0.25) is 0 Å². The van der Waals surface area contributed by atoms with Gasteiger partial charge in [0.05, 0.1) is 44.1 Å². The van der Waals surface area contributed by atoms with Crippen molar-refractivity contribution in [3.05, 3.63) is 41.2 Å². The monoisotopic (exact) mass is 433 g/mol. The van der Waals surface area contributed by atoms with Gasteiger partial charge in [0.2, 0.25) is 0 Å². The second kappa shape index (κ2) is 6.92. The molecule has 1 aromatic carbocycles. The van der Waals surface area contributed by atoms with E-state index < -0.39 is 11.6 Å². The molecule has 0 radical (unpaired) electrons. The normalized spacial score (nSPS) is 17.0. The number of rotatable bonds is 4. The van der Waals surface area contributed by atoms with Gasteiger partial charge in [0.25, 0.3) is 0 Å². The molecule has 2 aliphatic rings. The molecule has 0 aliphatic carbocycles. The number of halogens is 3. The molecule has 4 heterocycles. The fourth-order valence-electron chi connectivity index (χ4n) is 4.07. The quantitative estimate of drug-likeness (QED) is 0.578. The Labute approximate surface area is 176 Å². The van der Waals surface area contributed by atoms with Crippen LogP contribution < -0.4 is 14.4 Å². The zero-order valence-corrected chi connectivity index (χ0v) is 17.1. The summed E-state index contributed by atoms with van der Waals surface area (Å²) in [5, 5.41) is 1.76. The highest BCUT2D eigenvalue weighted by atomic mass is 35.5. The molecule has 0 N–H and O–H groups in total. The first-order valence-electron chi connectivity index (χ1n) is 9.34. The van der Waals surface area contributed by atoms with Crippen molar-refractivity contribution < 1.29 is 23.0 Å². The lowest BCUT2D eigenvalue weighted by Crippen LogP contribution is -2.66. The highest BCUT2D eigenvalue weighted by Gasteiger charge is 2.49. The molecule has 0 unspecified atom stereocenters. The van der Waals surface area contributed by atoms with Crippen molar-refractivity contribution in [1.82, 2.24) is 9.97 Å². The molecule has 2 fully saturated rings. The fraction of sp³-hybridized carbons (Fsp3) is 0.333. The van der Waals surface area contributed by atoms with Crippen molar-refractivity contribution in [3.63, 3.8) is 0 Å². The molecule has 0 amide bonds. The van der Waals surface area contributed by atoms with Crippen LogP contribution in [0.4, 0.5) is 14.6 Å². The van der Waals surface area contributed by atoms with Crippen LogP contribution in [0.5, 0.6) is 11.5 Å². The lowest BCUT2D eigenvalue weighted by Gasteiger charge is -2.55. The largest absolute Gasteiger partial charge is 0.494 e. The van der Waals surface area contributed by atoms with Crippen molar-refractivity contribution in [2.75, 3.05) is 45.4 Å². The van der Waals surface area contributed by atoms with Crippen LogP contribution in [0.15, 0.2) is 24.4 Å². The van der Waals surface area contributed by atoms with Crippen molar-refractivity contribution in [2.45, 2.75) is 0 Å². The maximum Gasteiger partial charge on any atom is 0.177 e. The number of nitrogens with zero attached hydrogens (tertiary/aromatic N) is 3. The van der Waals surface area contributed by atoms with Crippen molar-refractivity contribution in [1.29, 1.82) is 0 Å². The van der Waals surface area contributed by atoms with Crippen LogP contribution in [0, 0.1) is 17.0 Å². The molecule has 9 heteroatoms. The van der Waals surface area contributed by atoms with Gasteiger partial charge >= 0.3 is 0 Å². The Balaban J connectivity index is 1.70. The van der Waals surface area contributed by atoms with E-state index in [0.717, 1.165) is 18.5 Å². The zero-order chi connectivity index (χ0) is 21.0. The van der Waals surface area contributed by atoms with Gasteiger partial charge in [-0.25, -0.2) is 18.7 Å². The second-order valence-electron chi connectivity index (χ2n) is 7.69. The Morgan fingerprint density at radius 1 is 1.07 bits per heavy atom. The van der Waals surface area contributed by atoms with Crippen LogP contribution in [-0.2, 0) is 4.74 Å². The highest BCUT2D eigenvalue weighted by molar-refractivity contribution is 6.30. The zero-order valence-electron chi connectivity index (χ0n) is 16.3. The Hall–Kier alpha value is -2.71. The van der Waals surface area contributed by atoms with Crippen molar-refractivity contribution >= 4 is 28.2 Å². The molecule has 6 nitrogen and oxygen atoms in total. The van der Waals surface area contributed by atoms with Crippen LogP contribution in [0.25, 0.3) is 22.0 Å². The van der Waals surface area contributed by atoms with E-state index in [0.29, 0.717) is 29.6 Å². The van der Waals surface area contributed by atoms with E-state index in [1.807, 2.05) is 0 Å². The number of ether oxygens (including phenoxy) is 3. The topological polar surface area (TPSA) is 56.7 Å². The van der Waals surface area contributed by atoms with Gasteiger partial charge in [0, 0.05) is 36.1 Å². The van der Waals surface area contributed by atoms with Crippen LogP contribution in [-0.4, -0.2) is 50.5 Å². The molecule has 156 valence electrons. The van der Waals surface area contributed by atoms with E-state index in [4.69, 9.17) is 25.8 Å². The van der Waals surface area contributed by atoms with Crippen molar-refractivity contribution in [2.24, 2.45) is 5.41 Å². The molecule has 30 heavy (non-hydrogen) atoms. The molecule has 3 aromatic rings. The number of pyridine rings is 2. The number of methoxy groups -OCH3 is 2. The molecular weight excluding hydrogens is 416 g/mol. The predicted octanol–water partition coefficient (Wildman–Crippen LogP) is 4.08. The summed E-state index contributed by atoms with van der Waals surface area (Å²) in [5.74, 6) is -1.35. The minimum atomic E-state index is -0.844. The van der Waals surface area contributed by atoms with Gasteiger partial charge in [-0.05, 0) is 12.1 Å². The van der Waals surface area contributed by atoms with Crippen molar-refractivity contribution in [3.8, 4) is 22.8 Å². The summed E-state index contributed by atoms with van der Waals surface area (Å²) in [6.07, 6.45) is 1.57. The highest BCUT2D eigenvalue weighted by Crippen LogP contribution is 2.44. The molecule has 0 atom stereocenters. The summed E-state index contributed by atoms with van der Waals surface area (Å²) in [7, 11) is 2.62. The summed E-state index contributed by atoms with van der Waals surface area (Å²) < 4.78 is 45.6. The number of benzene rings is 1. The number of anilines is 1. The van der Waals surface area contributed by atoms with E-state index in [1.165, 1.54) is 20.3 Å². The molecule has 5 rings (SSSR count). The van der Waals surface area contributed by atoms with Crippen LogP contribution in [0.2, 0.25) is 5.15 Å². The SMILES string of the molecule is COc1cc(OC)c(F)c(-c2cc3cnc(Cl)cc3c(N3CC4(COC4)C3)n2)c1F. The van der Waals surface area contributed by atoms with E-state index in [1.54, 1.807) is 18.3 Å². The van der Waals surface area contributed by atoms with Crippen LogP contribution >= 0.6 is 11.6 Å². The third kappa shape index (κ3) is 2.86. The summed E-state index contributed by atoms with van der Waals surface area (Å²) in [4.78, 5) is 10.8. The molecule has 0 bridgehead atoms. The Morgan fingerprint density at radius 3 is 2.30 bits per heavy atom. The van der Waals surface area contributed by atoms with Gasteiger partial charge in [-0.2, -0.15) is 0 Å². The lowest BCUT2D eigenvalue weighted by atomic mass is 9.78. The molecule has 2 saturated heterocycles. The van der Waals surface area contributed by atoms with Gasteiger partial charge in [0.15, 0.2) is 23.1 Å². The molecule has 2 aliphatic heterocycles. The number of fused-ring (bicyclic) bond motifs is 1.